The van der Waals surface area contributed by atoms with Crippen LogP contribution in [-0.4, -0.2) is 11.1 Å². The molecule has 0 aromatic heterocycles. The quantitative estimate of drug-likeness (QED) is 0.394. The molecule has 0 aliphatic carbocycles. The molecular formula is C18H36O2. The van der Waals surface area contributed by atoms with Crippen molar-refractivity contribution >= 4 is 5.97 Å². The zero-order valence-corrected chi connectivity index (χ0v) is 14.0. The van der Waals surface area contributed by atoms with Crippen molar-refractivity contribution in [2.24, 2.45) is 11.8 Å². The van der Waals surface area contributed by atoms with Gasteiger partial charge < -0.3 is 5.11 Å². The van der Waals surface area contributed by atoms with Gasteiger partial charge in [0.1, 0.15) is 0 Å². The molecule has 2 heteroatoms. The van der Waals surface area contributed by atoms with Gasteiger partial charge in [-0.2, -0.15) is 0 Å². The van der Waals surface area contributed by atoms with Crippen molar-refractivity contribution in [3.05, 3.63) is 0 Å². The maximum Gasteiger partial charge on any atom is 0.303 e. The van der Waals surface area contributed by atoms with Crippen LogP contribution in [-0.2, 0) is 4.79 Å². The predicted octanol–water partition coefficient (Wildman–Crippen LogP) is 6.04. The van der Waals surface area contributed by atoms with E-state index < -0.39 is 5.97 Å². The Labute approximate surface area is 126 Å². The van der Waals surface area contributed by atoms with E-state index in [2.05, 4.69) is 20.8 Å². The molecule has 0 heterocycles. The standard InChI is InChI=1S/C18H36O2/c1-16(2)14-15-17(3)12-10-8-6-4-5-7-9-11-13-18(19)20/h16-17H,4-15H2,1-3H3,(H,19,20). The van der Waals surface area contributed by atoms with Gasteiger partial charge in [-0.25, -0.2) is 0 Å². The number of hydrogen-bond acceptors (Lipinski definition) is 1. The Morgan fingerprint density at radius 2 is 1.25 bits per heavy atom. The van der Waals surface area contributed by atoms with E-state index in [-0.39, 0.29) is 0 Å². The van der Waals surface area contributed by atoms with Gasteiger partial charge in [0.15, 0.2) is 0 Å². The average Bonchev–Trinajstić information content (AvgIpc) is 2.38. The number of unbranched alkanes of at least 4 members (excludes halogenated alkanes) is 7. The Hall–Kier alpha value is -0.530. The summed E-state index contributed by atoms with van der Waals surface area (Å²) in [5, 5.41) is 8.53. The molecule has 1 atom stereocenters. The summed E-state index contributed by atoms with van der Waals surface area (Å²) in [6.45, 7) is 7.01. The molecule has 20 heavy (non-hydrogen) atoms. The van der Waals surface area contributed by atoms with Crippen LogP contribution >= 0.6 is 0 Å². The van der Waals surface area contributed by atoms with E-state index in [0.29, 0.717) is 6.42 Å². The third-order valence-corrected chi connectivity index (χ3v) is 4.07. The Kier molecular flexibility index (Phi) is 13.1. The fraction of sp³-hybridized carbons (Fsp3) is 0.944. The first kappa shape index (κ1) is 19.5. The van der Waals surface area contributed by atoms with E-state index in [0.717, 1.165) is 24.7 Å². The zero-order valence-electron chi connectivity index (χ0n) is 14.0. The first-order chi connectivity index (χ1) is 9.52. The number of aliphatic carboxylic acids is 1. The molecule has 0 rings (SSSR count). The minimum atomic E-state index is -0.656. The lowest BCUT2D eigenvalue weighted by atomic mass is 9.94. The molecule has 0 amide bonds. The molecule has 0 aliphatic rings. The van der Waals surface area contributed by atoms with Crippen LogP contribution < -0.4 is 0 Å². The molecule has 2 nitrogen and oxygen atoms in total. The molecule has 0 radical (unpaired) electrons. The first-order valence-corrected chi connectivity index (χ1v) is 8.74. The van der Waals surface area contributed by atoms with Crippen LogP contribution in [0.2, 0.25) is 0 Å². The second-order valence-corrected chi connectivity index (χ2v) is 6.84. The van der Waals surface area contributed by atoms with Crippen LogP contribution in [0.3, 0.4) is 0 Å². The van der Waals surface area contributed by atoms with Crippen LogP contribution in [0.1, 0.15) is 97.8 Å². The molecular weight excluding hydrogens is 248 g/mol. The van der Waals surface area contributed by atoms with Crippen molar-refractivity contribution in [3.63, 3.8) is 0 Å². The number of carboxylic acid groups (broad SMARTS) is 1. The van der Waals surface area contributed by atoms with Crippen molar-refractivity contribution in [2.75, 3.05) is 0 Å². The highest BCUT2D eigenvalue weighted by atomic mass is 16.4. The van der Waals surface area contributed by atoms with Gasteiger partial charge in [-0.3, -0.25) is 4.79 Å². The number of carbonyl (C=O) groups is 1. The van der Waals surface area contributed by atoms with Crippen molar-refractivity contribution in [1.29, 1.82) is 0 Å². The molecule has 0 saturated heterocycles. The molecule has 0 aromatic rings. The summed E-state index contributed by atoms with van der Waals surface area (Å²) in [5.41, 5.74) is 0. The van der Waals surface area contributed by atoms with Crippen LogP contribution in [0.5, 0.6) is 0 Å². The summed E-state index contributed by atoms with van der Waals surface area (Å²) in [6.07, 6.45) is 14.4. The summed E-state index contributed by atoms with van der Waals surface area (Å²) >= 11 is 0. The maximum atomic E-state index is 10.3. The van der Waals surface area contributed by atoms with Gasteiger partial charge in [-0.05, 0) is 18.3 Å². The fourth-order valence-electron chi connectivity index (χ4n) is 2.59. The fourth-order valence-corrected chi connectivity index (χ4v) is 2.59. The van der Waals surface area contributed by atoms with E-state index in [4.69, 9.17) is 5.11 Å². The largest absolute Gasteiger partial charge is 0.481 e. The Bertz CT molecular complexity index is 223. The average molecular weight is 284 g/mol. The monoisotopic (exact) mass is 284 g/mol. The predicted molar refractivity (Wildman–Crippen MR) is 87.0 cm³/mol. The van der Waals surface area contributed by atoms with Crippen molar-refractivity contribution < 1.29 is 9.90 Å². The molecule has 1 unspecified atom stereocenters. The summed E-state index contributed by atoms with van der Waals surface area (Å²) in [4.78, 5) is 10.3. The lowest BCUT2D eigenvalue weighted by Crippen LogP contribution is -1.98. The van der Waals surface area contributed by atoms with E-state index in [1.165, 1.54) is 57.8 Å². The van der Waals surface area contributed by atoms with E-state index >= 15 is 0 Å². The van der Waals surface area contributed by atoms with Gasteiger partial charge in [-0.1, -0.05) is 85.0 Å². The molecule has 120 valence electrons. The smallest absolute Gasteiger partial charge is 0.303 e. The minimum absolute atomic E-state index is 0.342. The van der Waals surface area contributed by atoms with Crippen LogP contribution in [0, 0.1) is 11.8 Å². The van der Waals surface area contributed by atoms with Crippen molar-refractivity contribution in [1.82, 2.24) is 0 Å². The van der Waals surface area contributed by atoms with E-state index in [1.807, 2.05) is 0 Å². The topological polar surface area (TPSA) is 37.3 Å². The van der Waals surface area contributed by atoms with Gasteiger partial charge in [0.05, 0.1) is 0 Å². The van der Waals surface area contributed by atoms with Gasteiger partial charge in [0.25, 0.3) is 0 Å². The molecule has 0 fully saturated rings. The molecule has 0 spiro atoms. The third-order valence-electron chi connectivity index (χ3n) is 4.07. The highest BCUT2D eigenvalue weighted by Crippen LogP contribution is 2.18. The van der Waals surface area contributed by atoms with Gasteiger partial charge in [-0.15, -0.1) is 0 Å². The number of carboxylic acids is 1. The summed E-state index contributed by atoms with van der Waals surface area (Å²) in [7, 11) is 0. The van der Waals surface area contributed by atoms with Crippen LogP contribution in [0.15, 0.2) is 0 Å². The SMILES string of the molecule is CC(C)CCC(C)CCCCCCCCCCC(=O)O. The minimum Gasteiger partial charge on any atom is -0.481 e. The lowest BCUT2D eigenvalue weighted by Gasteiger charge is -2.12. The number of rotatable bonds is 14. The lowest BCUT2D eigenvalue weighted by molar-refractivity contribution is -0.137. The molecule has 0 bridgehead atoms. The van der Waals surface area contributed by atoms with Crippen molar-refractivity contribution in [2.45, 2.75) is 97.8 Å². The highest BCUT2D eigenvalue weighted by Gasteiger charge is 2.03. The van der Waals surface area contributed by atoms with Gasteiger partial charge in [0.2, 0.25) is 0 Å². The van der Waals surface area contributed by atoms with Gasteiger partial charge >= 0.3 is 5.97 Å². The van der Waals surface area contributed by atoms with Crippen LogP contribution in [0.25, 0.3) is 0 Å². The Morgan fingerprint density at radius 1 is 0.750 bits per heavy atom. The Balaban J connectivity index is 3.14. The maximum absolute atomic E-state index is 10.3. The highest BCUT2D eigenvalue weighted by molar-refractivity contribution is 5.66. The van der Waals surface area contributed by atoms with Crippen molar-refractivity contribution in [3.8, 4) is 0 Å². The van der Waals surface area contributed by atoms with Gasteiger partial charge in [0, 0.05) is 6.42 Å². The second-order valence-electron chi connectivity index (χ2n) is 6.84. The normalized spacial score (nSPS) is 12.8. The Morgan fingerprint density at radius 3 is 1.75 bits per heavy atom. The summed E-state index contributed by atoms with van der Waals surface area (Å²) in [5.74, 6) is 1.09. The molecule has 0 aromatic carbocycles. The molecule has 1 N–H and O–H groups in total. The zero-order chi connectivity index (χ0) is 15.2. The molecule has 0 aliphatic heterocycles. The molecule has 0 saturated carbocycles. The summed E-state index contributed by atoms with van der Waals surface area (Å²) in [6, 6.07) is 0. The van der Waals surface area contributed by atoms with E-state index in [9.17, 15) is 4.79 Å². The third kappa shape index (κ3) is 15.5. The van der Waals surface area contributed by atoms with Crippen LogP contribution in [0.4, 0.5) is 0 Å². The second kappa shape index (κ2) is 13.5. The number of hydrogen-bond donors (Lipinski definition) is 1. The summed E-state index contributed by atoms with van der Waals surface area (Å²) < 4.78 is 0. The first-order valence-electron chi connectivity index (χ1n) is 8.74. The van der Waals surface area contributed by atoms with E-state index in [1.54, 1.807) is 0 Å².